The molecule has 0 radical (unpaired) electrons. The topological polar surface area (TPSA) is 129 Å². The number of hydrogen-bond donors (Lipinski definition) is 1. The van der Waals surface area contributed by atoms with Gasteiger partial charge in [0.15, 0.2) is 11.0 Å². The number of benzene rings is 3. The maximum atomic E-state index is 12.5. The number of aryl methyl sites for hydroxylation is 1. The summed E-state index contributed by atoms with van der Waals surface area (Å²) in [6.07, 6.45) is -1.15. The average Bonchev–Trinajstić information content (AvgIpc) is 3.53. The average molecular weight is 791 g/mol. The molecule has 1 fully saturated rings. The van der Waals surface area contributed by atoms with Crippen molar-refractivity contribution < 1.29 is 32.7 Å². The Balaban J connectivity index is 1.66. The molecule has 294 valence electrons. The molecule has 0 amide bonds. The van der Waals surface area contributed by atoms with Gasteiger partial charge in [-0.1, -0.05) is 54.6 Å². The Morgan fingerprint density at radius 1 is 0.909 bits per heavy atom. The zero-order valence-corrected chi connectivity index (χ0v) is 34.3. The van der Waals surface area contributed by atoms with E-state index in [0.717, 1.165) is 16.7 Å². The molecule has 1 unspecified atom stereocenters. The molecule has 4 aromatic rings. The fourth-order valence-corrected chi connectivity index (χ4v) is 8.92. The first-order valence-electron chi connectivity index (χ1n) is 18.2. The van der Waals surface area contributed by atoms with Crippen LogP contribution in [0.5, 0.6) is 11.5 Å². The summed E-state index contributed by atoms with van der Waals surface area (Å²) >= 11 is 5.66. The summed E-state index contributed by atoms with van der Waals surface area (Å²) in [6.45, 7) is 10.2. The summed E-state index contributed by atoms with van der Waals surface area (Å²) in [5.41, 5.74) is 1.62. The number of nitrogens with zero attached hydrogens (tertiary/aromatic N) is 3. The molecule has 12 nitrogen and oxygen atoms in total. The van der Waals surface area contributed by atoms with Gasteiger partial charge in [0.1, 0.15) is 35.4 Å². The molecule has 1 N–H and O–H groups in total. The zero-order chi connectivity index (χ0) is 39.7. The fourth-order valence-electron chi connectivity index (χ4n) is 6.90. The Labute approximate surface area is 329 Å². The van der Waals surface area contributed by atoms with E-state index < -0.39 is 38.7 Å². The number of hydrogen-bond acceptors (Lipinski definition) is 11. The van der Waals surface area contributed by atoms with Crippen LogP contribution >= 0.6 is 20.7 Å². The van der Waals surface area contributed by atoms with Gasteiger partial charge >= 0.3 is 0 Å². The van der Waals surface area contributed by atoms with Crippen LogP contribution < -0.4 is 15.0 Å². The number of H-pyrrole nitrogens is 1. The Morgan fingerprint density at radius 2 is 1.47 bits per heavy atom. The van der Waals surface area contributed by atoms with E-state index in [4.69, 9.17) is 44.9 Å². The molecule has 1 saturated heterocycles. The summed E-state index contributed by atoms with van der Waals surface area (Å²) in [5, 5.41) is 9.37. The first kappa shape index (κ1) is 42.2. The molecule has 2 heterocycles. The van der Waals surface area contributed by atoms with E-state index in [1.165, 1.54) is 0 Å². The van der Waals surface area contributed by atoms with E-state index in [2.05, 4.69) is 43.4 Å². The maximum absolute atomic E-state index is 12.5. The monoisotopic (exact) mass is 790 g/mol. The Kier molecular flexibility index (Phi) is 14.8. The van der Waals surface area contributed by atoms with Crippen molar-refractivity contribution in [3.05, 3.63) is 122 Å². The third-order valence-corrected chi connectivity index (χ3v) is 11.9. The quantitative estimate of drug-likeness (QED) is 0.0459. The molecule has 55 heavy (non-hydrogen) atoms. The highest BCUT2D eigenvalue weighted by molar-refractivity contribution is 7.71. The SMILES string of the molecule is COc1ccc(C(OC[C@H]2O[C@@H](n3cc(C)c(=O)[nH]c3=S)[C@H](OC)[C@@H]2OP(OCCC#N)N(C(C)C)C(C)C)(c2ccccc2)c2ccc(OC)cc2)cc1. The third-order valence-electron chi connectivity index (χ3n) is 9.49. The van der Waals surface area contributed by atoms with Gasteiger partial charge in [-0.3, -0.25) is 14.3 Å². The van der Waals surface area contributed by atoms with E-state index >= 15 is 0 Å². The molecular weight excluding hydrogens is 740 g/mol. The second-order valence-corrected chi connectivity index (χ2v) is 15.5. The molecule has 0 bridgehead atoms. The number of methoxy groups -OCH3 is 3. The van der Waals surface area contributed by atoms with Gasteiger partial charge in [-0.15, -0.1) is 0 Å². The Hall–Kier alpha value is -3.96. The van der Waals surface area contributed by atoms with Crippen molar-refractivity contribution in [1.29, 1.82) is 5.26 Å². The molecule has 3 aromatic carbocycles. The van der Waals surface area contributed by atoms with Crippen molar-refractivity contribution in [1.82, 2.24) is 14.2 Å². The van der Waals surface area contributed by atoms with Crippen LogP contribution in [-0.4, -0.2) is 79.2 Å². The molecule has 0 aliphatic carbocycles. The van der Waals surface area contributed by atoms with Gasteiger partial charge in [-0.05, 0) is 87.8 Å². The summed E-state index contributed by atoms with van der Waals surface area (Å²) in [6, 6.07) is 27.9. The Bertz CT molecular complexity index is 1930. The molecule has 0 spiro atoms. The van der Waals surface area contributed by atoms with Gasteiger partial charge in [-0.25, -0.2) is 4.67 Å². The van der Waals surface area contributed by atoms with Crippen LogP contribution in [0.1, 0.15) is 62.6 Å². The number of nitriles is 1. The van der Waals surface area contributed by atoms with Crippen molar-refractivity contribution in [3.63, 3.8) is 0 Å². The number of aromatic amines is 1. The lowest BCUT2D eigenvalue weighted by Crippen LogP contribution is -2.42. The van der Waals surface area contributed by atoms with Crippen LogP contribution in [-0.2, 0) is 28.9 Å². The molecule has 1 aromatic heterocycles. The number of aromatic nitrogens is 2. The van der Waals surface area contributed by atoms with Crippen LogP contribution in [0, 0.1) is 23.0 Å². The summed E-state index contributed by atoms with van der Waals surface area (Å²) in [7, 11) is 3.13. The van der Waals surface area contributed by atoms with Gasteiger partial charge in [0.25, 0.3) is 14.1 Å². The minimum Gasteiger partial charge on any atom is -0.497 e. The minimum absolute atomic E-state index is 0.0222. The van der Waals surface area contributed by atoms with Gasteiger partial charge in [0.2, 0.25) is 0 Å². The molecule has 1 aliphatic heterocycles. The molecule has 14 heteroatoms. The normalized spacial score (nSPS) is 19.2. The largest absolute Gasteiger partial charge is 0.497 e. The molecule has 5 rings (SSSR count). The lowest BCUT2D eigenvalue weighted by atomic mass is 9.80. The van der Waals surface area contributed by atoms with Crippen LogP contribution in [0.15, 0.2) is 89.9 Å². The van der Waals surface area contributed by atoms with Crippen molar-refractivity contribution >= 4 is 20.7 Å². The summed E-state index contributed by atoms with van der Waals surface area (Å²) < 4.78 is 48.9. The minimum atomic E-state index is -1.73. The van der Waals surface area contributed by atoms with Gasteiger partial charge in [0.05, 0.1) is 39.9 Å². The van der Waals surface area contributed by atoms with Crippen LogP contribution in [0.2, 0.25) is 0 Å². The van der Waals surface area contributed by atoms with Crippen molar-refractivity contribution in [3.8, 4) is 17.6 Å². The summed E-state index contributed by atoms with van der Waals surface area (Å²) in [5.74, 6) is 1.41. The molecular formula is C41H51N4O8PS. The van der Waals surface area contributed by atoms with Crippen molar-refractivity contribution in [2.45, 2.75) is 83.3 Å². The molecule has 5 atom stereocenters. The van der Waals surface area contributed by atoms with E-state index in [0.29, 0.717) is 17.1 Å². The van der Waals surface area contributed by atoms with Crippen molar-refractivity contribution in [2.24, 2.45) is 0 Å². The van der Waals surface area contributed by atoms with E-state index in [1.807, 2.05) is 78.9 Å². The fraction of sp³-hybridized carbons (Fsp3) is 0.439. The highest BCUT2D eigenvalue weighted by Gasteiger charge is 2.51. The van der Waals surface area contributed by atoms with Gasteiger partial charge < -0.3 is 32.7 Å². The predicted molar refractivity (Wildman–Crippen MR) is 214 cm³/mol. The highest BCUT2D eigenvalue weighted by atomic mass is 32.1. The van der Waals surface area contributed by atoms with E-state index in [-0.39, 0.29) is 42.0 Å². The maximum Gasteiger partial charge on any atom is 0.259 e. The van der Waals surface area contributed by atoms with Crippen LogP contribution in [0.4, 0.5) is 0 Å². The van der Waals surface area contributed by atoms with Crippen LogP contribution in [0.25, 0.3) is 0 Å². The lowest BCUT2D eigenvalue weighted by Gasteiger charge is -2.39. The first-order valence-corrected chi connectivity index (χ1v) is 19.8. The number of ether oxygens (including phenoxy) is 5. The van der Waals surface area contributed by atoms with Gasteiger partial charge in [-0.2, -0.15) is 5.26 Å². The lowest BCUT2D eigenvalue weighted by molar-refractivity contribution is -0.0953. The summed E-state index contributed by atoms with van der Waals surface area (Å²) in [4.78, 5) is 15.3. The smallest absolute Gasteiger partial charge is 0.259 e. The number of nitrogens with one attached hydrogen (secondary N) is 1. The third kappa shape index (κ3) is 9.37. The van der Waals surface area contributed by atoms with Gasteiger partial charge in [0, 0.05) is 31.0 Å². The standard InChI is InChI=1S/C41H51N4O8PS/c1-27(2)45(28(3)4)54(51-24-12-23-42)53-36-35(52-39(37(36)49-8)44-25-29(5)38(46)43-40(44)55)26-50-41(30-13-10-9-11-14-30,31-15-19-33(47-6)20-16-31)32-17-21-34(48-7)22-18-32/h9-11,13-22,25,27-28,35-37,39H,12,24,26H2,1-8H3,(H,43,46,55)/t35-,36-,37-,39-,54?/m1/s1. The molecule has 0 saturated carbocycles. The van der Waals surface area contributed by atoms with E-state index in [9.17, 15) is 10.1 Å². The second-order valence-electron chi connectivity index (χ2n) is 13.7. The van der Waals surface area contributed by atoms with E-state index in [1.54, 1.807) is 39.0 Å². The predicted octanol–water partition coefficient (Wildman–Crippen LogP) is 7.81. The first-order chi connectivity index (χ1) is 26.5. The Morgan fingerprint density at radius 3 is 1.98 bits per heavy atom. The molecule has 1 aliphatic rings. The zero-order valence-electron chi connectivity index (χ0n) is 32.6. The number of rotatable bonds is 18. The van der Waals surface area contributed by atoms with Crippen LogP contribution in [0.3, 0.4) is 0 Å². The highest BCUT2D eigenvalue weighted by Crippen LogP contribution is 2.51. The van der Waals surface area contributed by atoms with Crippen molar-refractivity contribution in [2.75, 3.05) is 34.5 Å². The second kappa shape index (κ2) is 19.3.